The van der Waals surface area contributed by atoms with Gasteiger partial charge in [-0.2, -0.15) is 0 Å². The summed E-state index contributed by atoms with van der Waals surface area (Å²) >= 11 is 0. The maximum absolute atomic E-state index is 12.6. The van der Waals surface area contributed by atoms with E-state index in [4.69, 9.17) is 9.98 Å². The third-order valence-corrected chi connectivity index (χ3v) is 14.2. The first kappa shape index (κ1) is 51.6. The highest BCUT2D eigenvalue weighted by Gasteiger charge is 2.33. The Morgan fingerprint density at radius 2 is 1.40 bits per heavy atom. The molecule has 0 saturated heterocycles. The first-order valence-electron chi connectivity index (χ1n) is 25.8. The number of nitrogens with one attached hydrogen (secondary N) is 4. The van der Waals surface area contributed by atoms with Crippen molar-refractivity contribution < 1.29 is 9.59 Å². The molecule has 0 bridgehead atoms. The maximum atomic E-state index is 12.6. The number of benzene rings is 5. The molecule has 10 nitrogen and oxygen atoms in total. The van der Waals surface area contributed by atoms with E-state index in [2.05, 4.69) is 175 Å². The van der Waals surface area contributed by atoms with Crippen LogP contribution in [-0.2, 0) is 48.1 Å². The third kappa shape index (κ3) is 12.9. The summed E-state index contributed by atoms with van der Waals surface area (Å²) < 4.78 is 0. The fourth-order valence-electron chi connectivity index (χ4n) is 10.3. The Kier molecular flexibility index (Phi) is 16.7. The summed E-state index contributed by atoms with van der Waals surface area (Å²) in [6.45, 7) is 31.4. The number of hydrogen-bond donors (Lipinski definition) is 4. The van der Waals surface area contributed by atoms with Crippen molar-refractivity contribution in [2.24, 2.45) is 9.98 Å². The number of Topliss-reactive ketones (excluding diaryl/α,β-unsaturated/α-hetero) is 1. The van der Waals surface area contributed by atoms with Gasteiger partial charge in [0.1, 0.15) is 5.78 Å². The number of anilines is 3. The number of fused-ring (bicyclic) bond motifs is 5. The number of aryl methyl sites for hydroxylation is 6. The summed E-state index contributed by atoms with van der Waals surface area (Å²) in [4.78, 5) is 38.4. The molecule has 1 unspecified atom stereocenters. The van der Waals surface area contributed by atoms with Gasteiger partial charge >= 0.3 is 0 Å². The van der Waals surface area contributed by atoms with E-state index < -0.39 is 0 Å². The Hall–Kier alpha value is -7.72. The monoisotopic (exact) mass is 973 g/mol. The van der Waals surface area contributed by atoms with Gasteiger partial charge in [0.25, 0.3) is 0 Å². The lowest BCUT2D eigenvalue weighted by atomic mass is 9.93. The van der Waals surface area contributed by atoms with E-state index in [1.54, 1.807) is 6.92 Å². The van der Waals surface area contributed by atoms with Gasteiger partial charge in [-0.3, -0.25) is 14.8 Å². The van der Waals surface area contributed by atoms with Crippen LogP contribution in [0.3, 0.4) is 0 Å². The zero-order chi connectivity index (χ0) is 51.6. The molecule has 1 atom stereocenters. The molecule has 3 heterocycles. The van der Waals surface area contributed by atoms with Gasteiger partial charge in [0.15, 0.2) is 0 Å². The first-order valence-corrected chi connectivity index (χ1v) is 25.8. The van der Waals surface area contributed by atoms with Gasteiger partial charge in [-0.15, -0.1) is 0 Å². The molecule has 0 spiro atoms. The summed E-state index contributed by atoms with van der Waals surface area (Å²) in [5, 5.41) is 12.9. The second-order valence-electron chi connectivity index (χ2n) is 19.8. The van der Waals surface area contributed by atoms with Crippen molar-refractivity contribution in [1.29, 1.82) is 0 Å². The highest BCUT2D eigenvalue weighted by atomic mass is 16.2. The number of aliphatic imine (C=N–C) groups is 2. The second-order valence-corrected chi connectivity index (χ2v) is 19.8. The lowest BCUT2D eigenvalue weighted by Gasteiger charge is -2.26. The number of rotatable bonds is 24. The minimum Gasteiger partial charge on any atom is -0.382 e. The Labute approximate surface area is 433 Å². The summed E-state index contributed by atoms with van der Waals surface area (Å²) in [5.74, 6) is 0.0342. The highest BCUT2D eigenvalue weighted by molar-refractivity contribution is 5.95. The standard InChI is InChI=1S/C63H72N8O2/c1-10-64-59-35-52(41(2)29-57(59)47(8)70-28-27-51-19-13-15-21-61(51)70)25-23-49-31-50(24-26-53-36-60-58(30-42(53)3)48(9)71-56(39-67-60)34-54-20-14-16-22-62(54)71)33-55(32-49)69-45(6)38-65-44(5)37-68-63(73)40-66-43(4)17-11-12-18-46(7)72/h10,13-16,19-22,29-33,35-36,39,56,65-66,69H,4-6,8-9,11-12,17-18,23-28,34,37-38,40H2,1-3,7H3,(H,68,73)/b64-10-. The lowest BCUT2D eigenvalue weighted by Crippen LogP contribution is -2.36. The van der Waals surface area contributed by atoms with Gasteiger partial charge in [0, 0.05) is 88.5 Å². The largest absolute Gasteiger partial charge is 0.382 e. The Bertz CT molecular complexity index is 3030. The molecule has 4 N–H and O–H groups in total. The topological polar surface area (TPSA) is 113 Å². The molecule has 376 valence electrons. The van der Waals surface area contributed by atoms with Crippen molar-refractivity contribution in [2.75, 3.05) is 41.3 Å². The van der Waals surface area contributed by atoms with Crippen LogP contribution >= 0.6 is 0 Å². The van der Waals surface area contributed by atoms with Gasteiger partial charge in [0.2, 0.25) is 5.91 Å². The van der Waals surface area contributed by atoms with Crippen LogP contribution in [0.1, 0.15) is 95.2 Å². The summed E-state index contributed by atoms with van der Waals surface area (Å²) in [7, 11) is 0. The molecular formula is C63H72N8O2. The minimum atomic E-state index is -0.154. The van der Waals surface area contributed by atoms with Crippen LogP contribution in [0.4, 0.5) is 28.4 Å². The molecule has 0 radical (unpaired) electrons. The van der Waals surface area contributed by atoms with Crippen LogP contribution in [0.5, 0.6) is 0 Å². The zero-order valence-corrected chi connectivity index (χ0v) is 43.4. The van der Waals surface area contributed by atoms with E-state index in [0.29, 0.717) is 18.7 Å². The fraction of sp³-hybridized carbons (Fsp3) is 0.302. The van der Waals surface area contributed by atoms with Crippen LogP contribution in [0.2, 0.25) is 0 Å². The quantitative estimate of drug-likeness (QED) is 0.0360. The number of allylic oxidation sites excluding steroid dienone is 1. The summed E-state index contributed by atoms with van der Waals surface area (Å²) in [5.41, 5.74) is 21.8. The van der Waals surface area contributed by atoms with Crippen molar-refractivity contribution in [3.05, 3.63) is 197 Å². The predicted molar refractivity (Wildman–Crippen MR) is 307 cm³/mol. The van der Waals surface area contributed by atoms with E-state index in [1.807, 2.05) is 13.1 Å². The molecule has 3 aliphatic rings. The highest BCUT2D eigenvalue weighted by Crippen LogP contribution is 2.43. The van der Waals surface area contributed by atoms with Crippen LogP contribution in [0.15, 0.2) is 151 Å². The Morgan fingerprint density at radius 3 is 2.14 bits per heavy atom. The molecule has 8 rings (SSSR count). The van der Waals surface area contributed by atoms with E-state index in [-0.39, 0.29) is 30.8 Å². The van der Waals surface area contributed by atoms with E-state index in [0.717, 1.165) is 115 Å². The fourth-order valence-corrected chi connectivity index (χ4v) is 10.3. The van der Waals surface area contributed by atoms with Crippen molar-refractivity contribution >= 4 is 64.0 Å². The molecule has 0 saturated carbocycles. The van der Waals surface area contributed by atoms with Crippen LogP contribution in [0, 0.1) is 13.8 Å². The molecule has 0 aromatic heterocycles. The number of carbonyl (C=O) groups is 2. The van der Waals surface area contributed by atoms with Crippen LogP contribution in [-0.4, -0.2) is 56.3 Å². The number of carbonyl (C=O) groups excluding carboxylic acids is 2. The Morgan fingerprint density at radius 1 is 0.740 bits per heavy atom. The number of ketones is 1. The van der Waals surface area contributed by atoms with Crippen molar-refractivity contribution in [3.8, 4) is 0 Å². The molecule has 5 aromatic carbocycles. The van der Waals surface area contributed by atoms with E-state index in [1.165, 1.54) is 55.9 Å². The molecular weight excluding hydrogens is 901 g/mol. The zero-order valence-electron chi connectivity index (χ0n) is 43.4. The predicted octanol–water partition coefficient (Wildman–Crippen LogP) is 12.1. The normalized spacial score (nSPS) is 14.2. The van der Waals surface area contributed by atoms with Gasteiger partial charge in [-0.25, -0.2) is 0 Å². The van der Waals surface area contributed by atoms with Gasteiger partial charge in [-0.1, -0.05) is 75.4 Å². The van der Waals surface area contributed by atoms with Crippen molar-refractivity contribution in [2.45, 2.75) is 97.9 Å². The molecule has 0 fully saturated rings. The lowest BCUT2D eigenvalue weighted by molar-refractivity contribution is -0.120. The molecule has 0 aliphatic carbocycles. The third-order valence-electron chi connectivity index (χ3n) is 14.2. The SMILES string of the molecule is C=C(CCCCC(C)=O)NCC(=O)NCC(=C)NCC(=C)Nc1cc(CCc2cc3c(cc2C)C(=C)N2c4ccccc4CC2C=N3)cc(CCc2cc(/N=C\C)c(C(=C)N3CCc4ccccc43)cc2C)c1. The maximum Gasteiger partial charge on any atom is 0.239 e. The molecule has 10 heteroatoms. The van der Waals surface area contributed by atoms with E-state index >= 15 is 0 Å². The van der Waals surface area contributed by atoms with Gasteiger partial charge in [-0.05, 0) is 172 Å². The summed E-state index contributed by atoms with van der Waals surface area (Å²) in [6, 6.07) is 33.2. The molecule has 3 aliphatic heterocycles. The molecule has 73 heavy (non-hydrogen) atoms. The average Bonchev–Trinajstić information content (AvgIpc) is 3.95. The molecule has 5 aromatic rings. The minimum absolute atomic E-state index is 0.124. The number of unbranched alkanes of at least 4 members (excludes halogenated alkanes) is 1. The summed E-state index contributed by atoms with van der Waals surface area (Å²) in [6.07, 6.45) is 12.2. The van der Waals surface area contributed by atoms with Gasteiger partial charge in [0.05, 0.1) is 37.1 Å². The smallest absolute Gasteiger partial charge is 0.239 e. The van der Waals surface area contributed by atoms with Crippen LogP contribution < -0.4 is 31.1 Å². The van der Waals surface area contributed by atoms with Crippen LogP contribution in [0.25, 0.3) is 11.4 Å². The van der Waals surface area contributed by atoms with Crippen molar-refractivity contribution in [1.82, 2.24) is 16.0 Å². The average molecular weight is 973 g/mol. The second kappa shape index (κ2) is 23.7. The van der Waals surface area contributed by atoms with E-state index in [9.17, 15) is 9.59 Å². The molecule has 1 amide bonds. The number of para-hydroxylation sites is 2. The van der Waals surface area contributed by atoms with Gasteiger partial charge < -0.3 is 35.9 Å². The van der Waals surface area contributed by atoms with Crippen molar-refractivity contribution in [3.63, 3.8) is 0 Å². The first-order chi connectivity index (χ1) is 35.2. The number of hydrogen-bond acceptors (Lipinski definition) is 9. The number of nitrogens with zero attached hydrogens (tertiary/aromatic N) is 4. The number of amides is 1. The Balaban J connectivity index is 0.949.